The van der Waals surface area contributed by atoms with Crippen LogP contribution in [0, 0.1) is 0 Å². The number of hydrogen-bond donors (Lipinski definition) is 1. The third-order valence-corrected chi connectivity index (χ3v) is 3.14. The summed E-state index contributed by atoms with van der Waals surface area (Å²) in [6.45, 7) is 10.3. The Kier molecular flexibility index (Phi) is 6.18. The van der Waals surface area contributed by atoms with Gasteiger partial charge in [-0.15, -0.1) is 0 Å². The summed E-state index contributed by atoms with van der Waals surface area (Å²) in [5.41, 5.74) is 6.11. The van der Waals surface area contributed by atoms with E-state index in [1.165, 1.54) is 0 Å². The molecule has 2 N–H and O–H groups in total. The number of nitrogens with two attached hydrogens (primary N) is 1. The molecule has 1 aromatic heterocycles. The molecule has 0 amide bonds. The summed E-state index contributed by atoms with van der Waals surface area (Å²) in [6, 6.07) is 4.65. The van der Waals surface area contributed by atoms with Gasteiger partial charge in [0.1, 0.15) is 17.3 Å². The number of nitrogens with zero attached hydrogens (tertiary/aromatic N) is 2. The lowest BCUT2D eigenvalue weighted by Crippen LogP contribution is -2.39. The maximum atomic E-state index is 5.68. The molecule has 4 nitrogen and oxygen atoms in total. The van der Waals surface area contributed by atoms with Crippen molar-refractivity contribution >= 4 is 17.2 Å². The Morgan fingerprint density at radius 2 is 1.95 bits per heavy atom. The highest BCUT2D eigenvalue weighted by Gasteiger charge is 2.12. The average molecular weight is 281 g/mol. The van der Waals surface area contributed by atoms with E-state index >= 15 is 0 Å². The fourth-order valence-electron chi connectivity index (χ4n) is 1.99. The smallest absolute Gasteiger partial charge is 0.137 e. The van der Waals surface area contributed by atoms with Crippen LogP contribution in [0.25, 0.3) is 0 Å². The zero-order valence-corrected chi connectivity index (χ0v) is 12.9. The van der Waals surface area contributed by atoms with Crippen molar-refractivity contribution in [2.24, 2.45) is 5.73 Å². The predicted molar refractivity (Wildman–Crippen MR) is 82.6 cm³/mol. The fourth-order valence-corrected chi connectivity index (χ4v) is 2.11. The van der Waals surface area contributed by atoms with E-state index in [0.717, 1.165) is 12.3 Å². The molecule has 0 aliphatic carbocycles. The maximum absolute atomic E-state index is 5.68. The van der Waals surface area contributed by atoms with Gasteiger partial charge in [0.15, 0.2) is 0 Å². The van der Waals surface area contributed by atoms with E-state index in [9.17, 15) is 0 Å². The van der Waals surface area contributed by atoms with Crippen LogP contribution in [-0.2, 0) is 0 Å². The lowest BCUT2D eigenvalue weighted by atomic mass is 10.2. The van der Waals surface area contributed by atoms with Gasteiger partial charge in [-0.3, -0.25) is 4.90 Å². The van der Waals surface area contributed by atoms with Gasteiger partial charge in [-0.25, -0.2) is 4.98 Å². The van der Waals surface area contributed by atoms with Crippen LogP contribution < -0.4 is 10.5 Å². The number of ether oxygens (including phenoxy) is 1. The van der Waals surface area contributed by atoms with Gasteiger partial charge in [0, 0.05) is 18.6 Å². The largest absolute Gasteiger partial charge is 0.491 e. The summed E-state index contributed by atoms with van der Waals surface area (Å²) in [4.78, 5) is 6.83. The van der Waals surface area contributed by atoms with Gasteiger partial charge in [-0.2, -0.15) is 0 Å². The molecule has 0 spiro atoms. The summed E-state index contributed by atoms with van der Waals surface area (Å²) in [5.74, 6) is 0.743. The van der Waals surface area contributed by atoms with Crippen LogP contribution in [0.1, 0.15) is 33.4 Å². The fraction of sp³-hybridized carbons (Fsp3) is 0.571. The molecule has 0 radical (unpaired) electrons. The third kappa shape index (κ3) is 5.12. The molecule has 0 saturated heterocycles. The van der Waals surface area contributed by atoms with E-state index in [-0.39, 0.29) is 0 Å². The molecule has 0 aliphatic heterocycles. The van der Waals surface area contributed by atoms with E-state index in [4.69, 9.17) is 22.7 Å². The average Bonchev–Trinajstić information content (AvgIpc) is 2.34. The van der Waals surface area contributed by atoms with Crippen molar-refractivity contribution in [2.45, 2.75) is 39.8 Å². The van der Waals surface area contributed by atoms with Crippen molar-refractivity contribution < 1.29 is 4.74 Å². The van der Waals surface area contributed by atoms with Crippen LogP contribution in [-0.4, -0.2) is 40.1 Å². The Labute approximate surface area is 121 Å². The molecule has 0 fully saturated rings. The molecular formula is C14H23N3OS. The van der Waals surface area contributed by atoms with Crippen LogP contribution in [0.2, 0.25) is 0 Å². The summed E-state index contributed by atoms with van der Waals surface area (Å²) >= 11 is 4.85. The number of aromatic nitrogens is 1. The normalized spacial score (nSPS) is 11.3. The Morgan fingerprint density at radius 1 is 1.32 bits per heavy atom. The molecule has 19 heavy (non-hydrogen) atoms. The topological polar surface area (TPSA) is 51.4 Å². The van der Waals surface area contributed by atoms with Crippen LogP contribution in [0.15, 0.2) is 18.3 Å². The highest BCUT2D eigenvalue weighted by Crippen LogP contribution is 2.10. The number of pyridine rings is 1. The minimum Gasteiger partial charge on any atom is -0.491 e. The summed E-state index contributed by atoms with van der Waals surface area (Å²) in [6.07, 6.45) is 1.66. The quantitative estimate of drug-likeness (QED) is 0.777. The summed E-state index contributed by atoms with van der Waals surface area (Å²) in [5, 5.41) is 0. The van der Waals surface area contributed by atoms with E-state index in [1.54, 1.807) is 12.3 Å². The first-order valence-electron chi connectivity index (χ1n) is 6.56. The zero-order chi connectivity index (χ0) is 14.4. The van der Waals surface area contributed by atoms with Gasteiger partial charge in [0.2, 0.25) is 0 Å². The van der Waals surface area contributed by atoms with Gasteiger partial charge in [-0.05, 0) is 39.8 Å². The molecular weight excluding hydrogens is 258 g/mol. The number of rotatable bonds is 7. The highest BCUT2D eigenvalue weighted by molar-refractivity contribution is 7.80. The van der Waals surface area contributed by atoms with Crippen molar-refractivity contribution in [3.8, 4) is 5.75 Å². The van der Waals surface area contributed by atoms with Gasteiger partial charge in [0.25, 0.3) is 0 Å². The van der Waals surface area contributed by atoms with Gasteiger partial charge >= 0.3 is 0 Å². The molecule has 5 heteroatoms. The second kappa shape index (κ2) is 7.40. The Balaban J connectivity index is 2.46. The second-order valence-corrected chi connectivity index (χ2v) is 5.46. The summed E-state index contributed by atoms with van der Waals surface area (Å²) < 4.78 is 5.68. The number of thiocarbonyl (C=S) groups is 1. The Hall–Kier alpha value is -1.20. The predicted octanol–water partition coefficient (Wildman–Crippen LogP) is 2.21. The summed E-state index contributed by atoms with van der Waals surface area (Å²) in [7, 11) is 0. The van der Waals surface area contributed by atoms with E-state index in [2.05, 4.69) is 37.6 Å². The Morgan fingerprint density at radius 3 is 2.37 bits per heavy atom. The van der Waals surface area contributed by atoms with Crippen LogP contribution in [0.3, 0.4) is 0 Å². The highest BCUT2D eigenvalue weighted by atomic mass is 32.1. The molecule has 0 aliphatic rings. The zero-order valence-electron chi connectivity index (χ0n) is 12.1. The van der Waals surface area contributed by atoms with E-state index in [1.807, 2.05) is 6.07 Å². The van der Waals surface area contributed by atoms with Crippen LogP contribution in [0.4, 0.5) is 0 Å². The molecule has 0 bridgehead atoms. The van der Waals surface area contributed by atoms with Gasteiger partial charge in [0.05, 0.1) is 11.9 Å². The first-order chi connectivity index (χ1) is 8.91. The number of hydrogen-bond acceptors (Lipinski definition) is 4. The Bertz CT molecular complexity index is 396. The first kappa shape index (κ1) is 15.9. The monoisotopic (exact) mass is 281 g/mol. The second-order valence-electron chi connectivity index (χ2n) is 5.02. The molecule has 0 saturated carbocycles. The molecule has 1 heterocycles. The molecule has 1 rings (SSSR count). The minimum atomic E-state index is 0.303. The standard InChI is InChI=1S/C14H23N3OS/c1-10(2)17(11(3)4)7-8-18-12-5-6-13(14(15)19)16-9-12/h5-6,9-11H,7-8H2,1-4H3,(H2,15,19). The van der Waals surface area contributed by atoms with E-state index in [0.29, 0.717) is 29.4 Å². The lowest BCUT2D eigenvalue weighted by Gasteiger charge is -2.30. The van der Waals surface area contributed by atoms with Crippen molar-refractivity contribution in [1.29, 1.82) is 0 Å². The van der Waals surface area contributed by atoms with Crippen molar-refractivity contribution in [1.82, 2.24) is 9.88 Å². The SMILES string of the molecule is CC(C)N(CCOc1ccc(C(N)=S)nc1)C(C)C. The third-order valence-electron chi connectivity index (χ3n) is 2.93. The molecule has 1 aromatic rings. The first-order valence-corrected chi connectivity index (χ1v) is 6.97. The van der Waals surface area contributed by atoms with Crippen molar-refractivity contribution in [3.05, 3.63) is 24.0 Å². The molecule has 0 unspecified atom stereocenters. The van der Waals surface area contributed by atoms with Crippen LogP contribution in [0.5, 0.6) is 5.75 Å². The van der Waals surface area contributed by atoms with E-state index < -0.39 is 0 Å². The lowest BCUT2D eigenvalue weighted by molar-refractivity contribution is 0.142. The van der Waals surface area contributed by atoms with Crippen molar-refractivity contribution in [2.75, 3.05) is 13.2 Å². The maximum Gasteiger partial charge on any atom is 0.137 e. The minimum absolute atomic E-state index is 0.303. The van der Waals surface area contributed by atoms with Crippen molar-refractivity contribution in [3.63, 3.8) is 0 Å². The molecule has 0 aromatic carbocycles. The molecule has 106 valence electrons. The molecule has 0 atom stereocenters. The van der Waals surface area contributed by atoms with Crippen LogP contribution >= 0.6 is 12.2 Å². The van der Waals surface area contributed by atoms with Gasteiger partial charge < -0.3 is 10.5 Å². The van der Waals surface area contributed by atoms with Gasteiger partial charge in [-0.1, -0.05) is 12.2 Å².